The van der Waals surface area contributed by atoms with E-state index in [4.69, 9.17) is 18.7 Å². The topological polar surface area (TPSA) is 143 Å². The van der Waals surface area contributed by atoms with Crippen molar-refractivity contribution in [3.8, 4) is 0 Å². The van der Waals surface area contributed by atoms with E-state index in [2.05, 4.69) is 38.6 Å². The van der Waals surface area contributed by atoms with Gasteiger partial charge in [0.2, 0.25) is 5.76 Å². The third-order valence-electron chi connectivity index (χ3n) is 10.5. The van der Waals surface area contributed by atoms with Crippen LogP contribution in [0.1, 0.15) is 21.1 Å². The van der Waals surface area contributed by atoms with Gasteiger partial charge in [-0.05, 0) is 62.6 Å². The Labute approximate surface area is 318 Å². The molecule has 5 heterocycles. The van der Waals surface area contributed by atoms with Gasteiger partial charge in [0.25, 0.3) is 5.91 Å². The molecule has 3 aliphatic rings. The van der Waals surface area contributed by atoms with E-state index in [0.717, 1.165) is 107 Å². The van der Waals surface area contributed by atoms with Crippen molar-refractivity contribution in [3.05, 3.63) is 105 Å². The molecular weight excluding hydrogens is 704 g/mol. The number of likely N-dealkylation sites (N-methyl/N-ethyl adjacent to an activating group) is 2. The average Bonchev–Trinajstić information content (AvgIpc) is 3.21. The number of benzene rings is 3. The van der Waals surface area contributed by atoms with E-state index in [9.17, 15) is 19.2 Å². The second-order valence-corrected chi connectivity index (χ2v) is 14.1. The largest absolute Gasteiger partial charge is 0.475 e. The predicted octanol–water partition coefficient (Wildman–Crippen LogP) is 3.90. The van der Waals surface area contributed by atoms with Crippen LogP contribution in [-0.4, -0.2) is 127 Å². The first-order valence-corrected chi connectivity index (χ1v) is 18.5. The molecular formula is C41H46N6O8. The SMILES string of the molecule is CN1CCN(c2cccc3c(=O)cc(C(=O)N(C)c4ccc(N5CCOCC5)cc4)oc23)CC1.CN1CCN(c2cccc3c(=O)cc(C(=O)O)oc23)CC1. The van der Waals surface area contributed by atoms with Crippen molar-refractivity contribution in [3.63, 3.8) is 0 Å². The molecule has 8 rings (SSSR count). The third kappa shape index (κ3) is 8.21. The monoisotopic (exact) mass is 750 g/mol. The number of ether oxygens (including phenoxy) is 1. The summed E-state index contributed by atoms with van der Waals surface area (Å²) >= 11 is 0. The van der Waals surface area contributed by atoms with Crippen molar-refractivity contribution in [1.29, 1.82) is 0 Å². The summed E-state index contributed by atoms with van der Waals surface area (Å²) in [6, 6.07) is 21.1. The van der Waals surface area contributed by atoms with Crippen LogP contribution in [0.2, 0.25) is 0 Å². The minimum atomic E-state index is -1.23. The number of carbonyl (C=O) groups excluding carboxylic acids is 1. The summed E-state index contributed by atoms with van der Waals surface area (Å²) in [5.41, 5.74) is 3.75. The van der Waals surface area contributed by atoms with Crippen LogP contribution in [0.5, 0.6) is 0 Å². The molecule has 3 aliphatic heterocycles. The number of rotatable bonds is 6. The first-order valence-electron chi connectivity index (χ1n) is 18.5. The Balaban J connectivity index is 0.000000190. The number of para-hydroxylation sites is 2. The molecule has 14 heteroatoms. The maximum Gasteiger partial charge on any atom is 0.371 e. The molecule has 0 unspecified atom stereocenters. The Hall–Kier alpha value is -5.70. The maximum absolute atomic E-state index is 13.3. The average molecular weight is 751 g/mol. The molecule has 0 aliphatic carbocycles. The molecule has 0 radical (unpaired) electrons. The van der Waals surface area contributed by atoms with Gasteiger partial charge < -0.3 is 48.1 Å². The lowest BCUT2D eigenvalue weighted by molar-refractivity contribution is 0.0663. The van der Waals surface area contributed by atoms with Crippen molar-refractivity contribution in [2.75, 3.05) is 119 Å². The molecule has 5 aromatic rings. The quantitative estimate of drug-likeness (QED) is 0.268. The van der Waals surface area contributed by atoms with Crippen LogP contribution in [0.3, 0.4) is 0 Å². The van der Waals surface area contributed by atoms with E-state index in [1.165, 1.54) is 11.0 Å². The van der Waals surface area contributed by atoms with E-state index < -0.39 is 5.97 Å². The fraction of sp³-hybridized carbons (Fsp3) is 0.366. The number of carboxylic acid groups (broad SMARTS) is 1. The standard InChI is InChI=1S/C26H30N4O4.C15H16N2O4/c1-27-10-12-30(13-11-27)22-5-3-4-21-23(31)18-24(34-25(21)22)26(32)28(2)19-6-8-20(9-7-19)29-14-16-33-17-15-29;1-16-5-7-17(8-6-16)11-4-2-3-10-12(18)9-13(15(19)20)21-14(10)11/h3-9,18H,10-17H2,1-2H3;2-4,9H,5-8H2,1H3,(H,19,20). The third-order valence-corrected chi connectivity index (χ3v) is 10.5. The molecule has 1 N–H and O–H groups in total. The van der Waals surface area contributed by atoms with Crippen LogP contribution in [0.25, 0.3) is 21.9 Å². The first-order chi connectivity index (χ1) is 26.6. The van der Waals surface area contributed by atoms with Crippen molar-refractivity contribution in [2.24, 2.45) is 0 Å². The number of nitrogens with zero attached hydrogens (tertiary/aromatic N) is 6. The highest BCUT2D eigenvalue weighted by atomic mass is 16.5. The van der Waals surface area contributed by atoms with Crippen LogP contribution in [0, 0.1) is 0 Å². The molecule has 0 spiro atoms. The van der Waals surface area contributed by atoms with Crippen LogP contribution in [-0.2, 0) is 4.74 Å². The number of morpholine rings is 1. The van der Waals surface area contributed by atoms with Crippen molar-refractivity contribution < 1.29 is 28.3 Å². The number of amides is 1. The predicted molar refractivity (Wildman–Crippen MR) is 214 cm³/mol. The lowest BCUT2D eigenvalue weighted by Crippen LogP contribution is -2.44. The molecule has 288 valence electrons. The van der Waals surface area contributed by atoms with E-state index in [-0.39, 0.29) is 28.3 Å². The second kappa shape index (κ2) is 16.3. The molecule has 0 atom stereocenters. The molecule has 14 nitrogen and oxygen atoms in total. The maximum atomic E-state index is 13.3. The lowest BCUT2D eigenvalue weighted by Gasteiger charge is -2.34. The highest BCUT2D eigenvalue weighted by Gasteiger charge is 2.23. The highest BCUT2D eigenvalue weighted by Crippen LogP contribution is 2.29. The van der Waals surface area contributed by atoms with Gasteiger partial charge in [-0.1, -0.05) is 12.1 Å². The van der Waals surface area contributed by atoms with E-state index in [0.29, 0.717) is 21.9 Å². The zero-order valence-corrected chi connectivity index (χ0v) is 31.4. The normalized spacial score (nSPS) is 16.9. The number of hydrogen-bond acceptors (Lipinski definition) is 12. The summed E-state index contributed by atoms with van der Waals surface area (Å²) in [4.78, 5) is 61.9. The second-order valence-electron chi connectivity index (χ2n) is 14.1. The highest BCUT2D eigenvalue weighted by molar-refractivity contribution is 6.05. The Bertz CT molecular complexity index is 2290. The Morgan fingerprint density at radius 3 is 1.58 bits per heavy atom. The molecule has 55 heavy (non-hydrogen) atoms. The fourth-order valence-electron chi connectivity index (χ4n) is 7.12. The molecule has 2 aromatic heterocycles. The summed E-state index contributed by atoms with van der Waals surface area (Å²) in [5.74, 6) is -1.87. The molecule has 3 aromatic carbocycles. The van der Waals surface area contributed by atoms with Gasteiger partial charge in [0.1, 0.15) is 0 Å². The van der Waals surface area contributed by atoms with Gasteiger partial charge in [0.05, 0.1) is 35.4 Å². The summed E-state index contributed by atoms with van der Waals surface area (Å²) in [6.45, 7) is 10.2. The zero-order valence-electron chi connectivity index (χ0n) is 31.4. The van der Waals surface area contributed by atoms with Gasteiger partial charge in [-0.25, -0.2) is 4.79 Å². The van der Waals surface area contributed by atoms with Gasteiger partial charge >= 0.3 is 5.97 Å². The van der Waals surface area contributed by atoms with E-state index in [1.807, 2.05) is 42.5 Å². The minimum absolute atomic E-state index is 0.0406. The smallest absolute Gasteiger partial charge is 0.371 e. The van der Waals surface area contributed by atoms with Crippen LogP contribution in [0.15, 0.2) is 91.2 Å². The molecule has 1 amide bonds. The number of aromatic carboxylic acids is 1. The van der Waals surface area contributed by atoms with Crippen molar-refractivity contribution in [2.45, 2.75) is 0 Å². The number of fused-ring (bicyclic) bond motifs is 2. The minimum Gasteiger partial charge on any atom is -0.475 e. The van der Waals surface area contributed by atoms with E-state index in [1.54, 1.807) is 25.2 Å². The van der Waals surface area contributed by atoms with Gasteiger partial charge in [-0.2, -0.15) is 0 Å². The number of carbonyl (C=O) groups is 2. The lowest BCUT2D eigenvalue weighted by atomic mass is 10.1. The zero-order chi connectivity index (χ0) is 38.6. The first kappa shape index (κ1) is 37.6. The molecule has 3 fully saturated rings. The Morgan fingerprint density at radius 2 is 1.09 bits per heavy atom. The number of carboxylic acids is 1. The van der Waals surface area contributed by atoms with E-state index >= 15 is 0 Å². The van der Waals surface area contributed by atoms with Crippen LogP contribution in [0.4, 0.5) is 22.7 Å². The van der Waals surface area contributed by atoms with Crippen LogP contribution >= 0.6 is 0 Å². The Kier molecular flexibility index (Phi) is 11.2. The number of piperazine rings is 2. The Morgan fingerprint density at radius 1 is 0.618 bits per heavy atom. The van der Waals surface area contributed by atoms with Gasteiger partial charge in [-0.3, -0.25) is 14.4 Å². The summed E-state index contributed by atoms with van der Waals surface area (Å²) in [6.07, 6.45) is 0. The molecule has 0 saturated carbocycles. The number of hydrogen-bond donors (Lipinski definition) is 1. The molecule has 3 saturated heterocycles. The molecule has 0 bridgehead atoms. The van der Waals surface area contributed by atoms with Gasteiger partial charge in [0.15, 0.2) is 27.8 Å². The van der Waals surface area contributed by atoms with Crippen molar-refractivity contribution in [1.82, 2.24) is 9.80 Å². The van der Waals surface area contributed by atoms with Gasteiger partial charge in [-0.15, -0.1) is 0 Å². The van der Waals surface area contributed by atoms with Crippen molar-refractivity contribution >= 4 is 56.6 Å². The van der Waals surface area contributed by atoms with Gasteiger partial charge in [0, 0.05) is 96.0 Å². The summed E-state index contributed by atoms with van der Waals surface area (Å²) < 4.78 is 17.0. The van der Waals surface area contributed by atoms with Crippen LogP contribution < -0.4 is 30.5 Å². The fourth-order valence-corrected chi connectivity index (χ4v) is 7.12. The summed E-state index contributed by atoms with van der Waals surface area (Å²) in [7, 11) is 5.85. The summed E-state index contributed by atoms with van der Waals surface area (Å²) in [5, 5.41) is 9.96. The number of anilines is 4.